The fraction of sp³-hybridized carbons (Fsp3) is 0.636. The largest absolute Gasteiger partial charge is 0.355 e. The third-order valence-electron chi connectivity index (χ3n) is 2.89. The van der Waals surface area contributed by atoms with Crippen LogP contribution in [0.25, 0.3) is 0 Å². The summed E-state index contributed by atoms with van der Waals surface area (Å²) in [6, 6.07) is 3.98. The Morgan fingerprint density at radius 2 is 2.53 bits per heavy atom. The van der Waals surface area contributed by atoms with Gasteiger partial charge in [0.25, 0.3) is 0 Å². The van der Waals surface area contributed by atoms with Crippen LogP contribution in [0.1, 0.15) is 12.8 Å². The molecule has 1 aliphatic rings. The molecule has 1 aliphatic heterocycles. The van der Waals surface area contributed by atoms with E-state index >= 15 is 0 Å². The molecule has 1 aromatic heterocycles. The zero-order valence-corrected chi connectivity index (χ0v) is 9.19. The normalized spacial score (nSPS) is 21.7. The summed E-state index contributed by atoms with van der Waals surface area (Å²) < 4.78 is 0. The fourth-order valence-electron chi connectivity index (χ4n) is 2.19. The van der Waals surface area contributed by atoms with Crippen molar-refractivity contribution in [3.8, 4) is 0 Å². The molecule has 1 unspecified atom stereocenters. The average Bonchev–Trinajstić information content (AvgIpc) is 2.31. The van der Waals surface area contributed by atoms with E-state index < -0.39 is 0 Å². The third kappa shape index (κ3) is 2.65. The van der Waals surface area contributed by atoms with Crippen LogP contribution in [0.15, 0.2) is 18.3 Å². The number of aromatic nitrogens is 2. The first-order chi connectivity index (χ1) is 7.40. The Kier molecular flexibility index (Phi) is 3.50. The SMILES string of the molecule is CNCC1CCCN(c2cccnn2)C1. The highest BCUT2D eigenvalue weighted by atomic mass is 15.3. The van der Waals surface area contributed by atoms with Gasteiger partial charge in [0.2, 0.25) is 0 Å². The quantitative estimate of drug-likeness (QED) is 0.798. The summed E-state index contributed by atoms with van der Waals surface area (Å²) in [7, 11) is 2.02. The molecule has 82 valence electrons. The van der Waals surface area contributed by atoms with E-state index in [1.165, 1.54) is 12.8 Å². The van der Waals surface area contributed by atoms with Crippen LogP contribution in [0.4, 0.5) is 5.82 Å². The molecule has 0 saturated carbocycles. The number of rotatable bonds is 3. The molecule has 1 saturated heterocycles. The van der Waals surface area contributed by atoms with Gasteiger partial charge >= 0.3 is 0 Å². The summed E-state index contributed by atoms with van der Waals surface area (Å²) in [5, 5.41) is 11.3. The highest BCUT2D eigenvalue weighted by Crippen LogP contribution is 2.20. The van der Waals surface area contributed by atoms with Gasteiger partial charge in [-0.1, -0.05) is 0 Å². The van der Waals surface area contributed by atoms with Crippen molar-refractivity contribution in [2.24, 2.45) is 5.92 Å². The van der Waals surface area contributed by atoms with Crippen LogP contribution in [0.2, 0.25) is 0 Å². The van der Waals surface area contributed by atoms with Crippen LogP contribution in [0, 0.1) is 5.92 Å². The highest BCUT2D eigenvalue weighted by molar-refractivity contribution is 5.36. The summed E-state index contributed by atoms with van der Waals surface area (Å²) >= 11 is 0. The van der Waals surface area contributed by atoms with Gasteiger partial charge in [-0.25, -0.2) is 0 Å². The lowest BCUT2D eigenvalue weighted by Crippen LogP contribution is -2.39. The minimum Gasteiger partial charge on any atom is -0.355 e. The lowest BCUT2D eigenvalue weighted by Gasteiger charge is -2.33. The van der Waals surface area contributed by atoms with Crippen LogP contribution in [0.3, 0.4) is 0 Å². The number of hydrogen-bond acceptors (Lipinski definition) is 4. The van der Waals surface area contributed by atoms with E-state index in [0.29, 0.717) is 0 Å². The molecule has 0 amide bonds. The summed E-state index contributed by atoms with van der Waals surface area (Å²) in [5.41, 5.74) is 0. The van der Waals surface area contributed by atoms with Crippen LogP contribution < -0.4 is 10.2 Å². The lowest BCUT2D eigenvalue weighted by molar-refractivity contribution is 0.400. The number of nitrogens with one attached hydrogen (secondary N) is 1. The van der Waals surface area contributed by atoms with Crippen molar-refractivity contribution in [1.82, 2.24) is 15.5 Å². The van der Waals surface area contributed by atoms with Crippen LogP contribution >= 0.6 is 0 Å². The summed E-state index contributed by atoms with van der Waals surface area (Å²) in [6.07, 6.45) is 4.29. The maximum atomic E-state index is 4.15. The molecule has 0 radical (unpaired) electrons. The molecule has 2 rings (SSSR count). The number of piperidine rings is 1. The zero-order valence-electron chi connectivity index (χ0n) is 9.19. The summed E-state index contributed by atoms with van der Waals surface area (Å²) in [4.78, 5) is 2.33. The number of anilines is 1. The monoisotopic (exact) mass is 206 g/mol. The molecule has 0 aliphatic carbocycles. The second kappa shape index (κ2) is 5.07. The fourth-order valence-corrected chi connectivity index (χ4v) is 2.19. The molecule has 15 heavy (non-hydrogen) atoms. The Bertz CT molecular complexity index is 286. The van der Waals surface area contributed by atoms with E-state index in [-0.39, 0.29) is 0 Å². The molecule has 1 aromatic rings. The molecule has 0 bridgehead atoms. The van der Waals surface area contributed by atoms with E-state index in [4.69, 9.17) is 0 Å². The first-order valence-electron chi connectivity index (χ1n) is 5.57. The summed E-state index contributed by atoms with van der Waals surface area (Å²) in [6.45, 7) is 3.30. The Labute approximate surface area is 90.7 Å². The third-order valence-corrected chi connectivity index (χ3v) is 2.89. The molecule has 1 atom stereocenters. The van der Waals surface area contributed by atoms with Crippen LogP contribution in [-0.2, 0) is 0 Å². The highest BCUT2D eigenvalue weighted by Gasteiger charge is 2.20. The van der Waals surface area contributed by atoms with Gasteiger partial charge in [0.15, 0.2) is 5.82 Å². The van der Waals surface area contributed by atoms with Crippen LogP contribution in [0.5, 0.6) is 0 Å². The van der Waals surface area contributed by atoms with Crippen LogP contribution in [-0.4, -0.2) is 36.9 Å². The smallest absolute Gasteiger partial charge is 0.151 e. The summed E-state index contributed by atoms with van der Waals surface area (Å²) in [5.74, 6) is 1.75. The molecule has 0 spiro atoms. The first-order valence-corrected chi connectivity index (χ1v) is 5.57. The van der Waals surface area contributed by atoms with E-state index in [9.17, 15) is 0 Å². The molecule has 4 nitrogen and oxygen atoms in total. The second-order valence-electron chi connectivity index (χ2n) is 4.09. The van der Waals surface area contributed by atoms with Crippen molar-refractivity contribution in [3.63, 3.8) is 0 Å². The predicted octanol–water partition coefficient (Wildman–Crippen LogP) is 0.912. The second-order valence-corrected chi connectivity index (χ2v) is 4.09. The van der Waals surface area contributed by atoms with Gasteiger partial charge in [-0.15, -0.1) is 5.10 Å². The molecular formula is C11H18N4. The maximum Gasteiger partial charge on any atom is 0.151 e. The van der Waals surface area contributed by atoms with Gasteiger partial charge in [-0.2, -0.15) is 5.10 Å². The Morgan fingerprint density at radius 1 is 1.60 bits per heavy atom. The van der Waals surface area contributed by atoms with Gasteiger partial charge < -0.3 is 10.2 Å². The van der Waals surface area contributed by atoms with Crippen molar-refractivity contribution in [1.29, 1.82) is 0 Å². The standard InChI is InChI=1S/C11H18N4/c1-12-8-10-4-3-7-15(9-10)11-5-2-6-13-14-11/h2,5-6,10,12H,3-4,7-9H2,1H3. The first kappa shape index (κ1) is 10.4. The molecule has 2 heterocycles. The van der Waals surface area contributed by atoms with Crippen molar-refractivity contribution in [3.05, 3.63) is 18.3 Å². The molecule has 1 fully saturated rings. The average molecular weight is 206 g/mol. The van der Waals surface area contributed by atoms with Gasteiger partial charge in [0, 0.05) is 19.3 Å². The van der Waals surface area contributed by atoms with Crippen molar-refractivity contribution < 1.29 is 0 Å². The lowest BCUT2D eigenvalue weighted by atomic mass is 9.98. The Hall–Kier alpha value is -1.16. The topological polar surface area (TPSA) is 41.0 Å². The van der Waals surface area contributed by atoms with E-state index in [2.05, 4.69) is 20.4 Å². The van der Waals surface area contributed by atoms with E-state index in [1.54, 1.807) is 6.20 Å². The minimum atomic E-state index is 0.741. The molecular weight excluding hydrogens is 188 g/mol. The van der Waals surface area contributed by atoms with Gasteiger partial charge in [-0.3, -0.25) is 0 Å². The van der Waals surface area contributed by atoms with Gasteiger partial charge in [0.05, 0.1) is 0 Å². The van der Waals surface area contributed by atoms with E-state index in [0.717, 1.165) is 31.4 Å². The zero-order chi connectivity index (χ0) is 10.5. The predicted molar refractivity (Wildman–Crippen MR) is 60.9 cm³/mol. The van der Waals surface area contributed by atoms with Gasteiger partial charge in [-0.05, 0) is 44.5 Å². The van der Waals surface area contributed by atoms with Crippen molar-refractivity contribution in [2.45, 2.75) is 12.8 Å². The number of hydrogen-bond donors (Lipinski definition) is 1. The van der Waals surface area contributed by atoms with E-state index in [1.807, 2.05) is 19.2 Å². The van der Waals surface area contributed by atoms with Crippen molar-refractivity contribution >= 4 is 5.82 Å². The number of nitrogens with zero attached hydrogens (tertiary/aromatic N) is 3. The molecule has 1 N–H and O–H groups in total. The Balaban J connectivity index is 1.98. The molecule has 4 heteroatoms. The van der Waals surface area contributed by atoms with Gasteiger partial charge in [0.1, 0.15) is 0 Å². The molecule has 0 aromatic carbocycles. The minimum absolute atomic E-state index is 0.741. The Morgan fingerprint density at radius 3 is 3.27 bits per heavy atom. The maximum absolute atomic E-state index is 4.15. The van der Waals surface area contributed by atoms with Crippen molar-refractivity contribution in [2.75, 3.05) is 31.6 Å².